The number of rotatable bonds is 12. The van der Waals surface area contributed by atoms with Gasteiger partial charge in [-0.3, -0.25) is 0 Å². The lowest BCUT2D eigenvalue weighted by Crippen LogP contribution is -1.83. The Morgan fingerprint density at radius 1 is 0.618 bits per heavy atom. The topological polar surface area (TPSA) is 25.8 Å². The van der Waals surface area contributed by atoms with E-state index in [1.165, 1.54) is 61.4 Å². The number of hydrogen-bond acceptors (Lipinski definition) is 4. The average molecular weight is 532 g/mol. The Balaban J connectivity index is 1.54. The Labute approximate surface area is 221 Å². The van der Waals surface area contributed by atoms with Crippen LogP contribution in [0.5, 0.6) is 0 Å². The summed E-state index contributed by atoms with van der Waals surface area (Å²) in [6, 6.07) is 8.40. The van der Waals surface area contributed by atoms with Crippen molar-refractivity contribution in [1.29, 1.82) is 0 Å². The summed E-state index contributed by atoms with van der Waals surface area (Å²) >= 11 is 17.0. The lowest BCUT2D eigenvalue weighted by Gasteiger charge is -2.08. The third-order valence-corrected chi connectivity index (χ3v) is 8.94. The maximum atomic E-state index is 6.75. The van der Waals surface area contributed by atoms with Crippen molar-refractivity contribution in [2.75, 3.05) is 0 Å². The van der Waals surface area contributed by atoms with Crippen LogP contribution in [-0.2, 0) is 12.8 Å². The molecule has 0 radical (unpaired) electrons. The Kier molecular flexibility index (Phi) is 9.41. The summed E-state index contributed by atoms with van der Waals surface area (Å²) in [6.07, 6.45) is 16.0. The Bertz CT molecular complexity index is 1130. The Morgan fingerprint density at radius 3 is 1.47 bits per heavy atom. The molecule has 0 N–H and O–H groups in total. The van der Waals surface area contributed by atoms with Crippen LogP contribution in [-0.4, -0.2) is 9.97 Å². The van der Waals surface area contributed by atoms with Gasteiger partial charge in [0.2, 0.25) is 0 Å². The molecule has 2 heterocycles. The largest absolute Gasteiger partial charge is 0.249 e. The van der Waals surface area contributed by atoms with Crippen molar-refractivity contribution in [2.24, 2.45) is 0 Å². The molecule has 2 nitrogen and oxygen atoms in total. The number of aromatic nitrogens is 2. The van der Waals surface area contributed by atoms with E-state index in [0.717, 1.165) is 54.5 Å². The summed E-state index contributed by atoms with van der Waals surface area (Å²) in [6.45, 7) is 4.48. The lowest BCUT2D eigenvalue weighted by molar-refractivity contribution is 0.665. The number of aryl methyl sites for hydroxylation is 2. The van der Waals surface area contributed by atoms with E-state index in [0.29, 0.717) is 0 Å². The molecule has 0 amide bonds. The molecule has 0 aliphatic carbocycles. The summed E-state index contributed by atoms with van der Waals surface area (Å²) in [7, 11) is 0. The van der Waals surface area contributed by atoms with Crippen LogP contribution >= 0.6 is 45.9 Å². The molecule has 2 aromatic carbocycles. The lowest BCUT2D eigenvalue weighted by atomic mass is 10.0. The Morgan fingerprint density at radius 2 is 1.06 bits per heavy atom. The number of unbranched alkanes of at least 4 members (excludes halogenated alkanes) is 6. The van der Waals surface area contributed by atoms with Gasteiger partial charge < -0.3 is 0 Å². The fraction of sp³-hybridized carbons (Fsp3) is 0.429. The van der Waals surface area contributed by atoms with Crippen molar-refractivity contribution in [2.45, 2.75) is 78.1 Å². The predicted octanol–water partition coefficient (Wildman–Crippen LogP) is 10.6. The first-order valence-corrected chi connectivity index (χ1v) is 14.8. The van der Waals surface area contributed by atoms with Crippen LogP contribution < -0.4 is 0 Å². The van der Waals surface area contributed by atoms with E-state index in [1.54, 1.807) is 22.7 Å². The zero-order valence-electron chi connectivity index (χ0n) is 20.0. The van der Waals surface area contributed by atoms with Gasteiger partial charge in [-0.15, -0.1) is 22.7 Å². The molecule has 0 saturated heterocycles. The molecule has 2 aromatic heterocycles. The van der Waals surface area contributed by atoms with Crippen molar-refractivity contribution in [3.8, 4) is 20.9 Å². The van der Waals surface area contributed by atoms with Gasteiger partial charge in [0, 0.05) is 33.6 Å². The minimum Gasteiger partial charge on any atom is -0.249 e. The highest BCUT2D eigenvalue weighted by Crippen LogP contribution is 2.40. The van der Waals surface area contributed by atoms with Gasteiger partial charge in [0.1, 0.15) is 0 Å². The van der Waals surface area contributed by atoms with E-state index in [-0.39, 0.29) is 0 Å². The van der Waals surface area contributed by atoms with Crippen molar-refractivity contribution < 1.29 is 0 Å². The second-order valence-electron chi connectivity index (χ2n) is 8.87. The standard InChI is InChI=1S/C28H32Cl2N2S2/c1-3-5-7-9-11-27-31-17-25(33-27)21-13-19-16-24(30)22(14-20(19)15-23(21)29)26-18-32-28(34-26)12-10-8-6-4-2/h13-18H,3-12H2,1-2H3. The molecule has 0 spiro atoms. The molecular weight excluding hydrogens is 499 g/mol. The number of hydrogen-bond donors (Lipinski definition) is 0. The summed E-state index contributed by atoms with van der Waals surface area (Å²) in [4.78, 5) is 11.5. The number of benzene rings is 2. The first-order valence-electron chi connectivity index (χ1n) is 12.4. The fourth-order valence-corrected chi connectivity index (χ4v) is 6.82. The van der Waals surface area contributed by atoms with E-state index in [1.807, 2.05) is 12.4 Å². The fourth-order valence-electron chi connectivity index (χ4n) is 4.18. The molecular formula is C28H32Cl2N2S2. The minimum absolute atomic E-state index is 0.753. The third kappa shape index (κ3) is 6.40. The number of thiazole rings is 2. The molecule has 4 rings (SSSR count). The summed E-state index contributed by atoms with van der Waals surface area (Å²) in [5.41, 5.74) is 2.06. The van der Waals surface area contributed by atoms with Crippen molar-refractivity contribution in [1.82, 2.24) is 9.97 Å². The van der Waals surface area contributed by atoms with Gasteiger partial charge in [-0.2, -0.15) is 0 Å². The Hall–Kier alpha value is -1.46. The molecule has 4 aromatic rings. The SMILES string of the molecule is CCCCCCc1ncc(-c2cc3cc(Cl)c(-c4cnc(CCCCCC)s4)cc3cc2Cl)s1. The summed E-state index contributed by atoms with van der Waals surface area (Å²) in [5.74, 6) is 0. The predicted molar refractivity (Wildman–Crippen MR) is 152 cm³/mol. The number of nitrogens with zero attached hydrogens (tertiary/aromatic N) is 2. The van der Waals surface area contributed by atoms with E-state index in [9.17, 15) is 0 Å². The zero-order chi connectivity index (χ0) is 23.9. The molecule has 0 saturated carbocycles. The first-order chi connectivity index (χ1) is 16.6. The van der Waals surface area contributed by atoms with Gasteiger partial charge in [-0.1, -0.05) is 75.6 Å². The van der Waals surface area contributed by atoms with Crippen LogP contribution in [0.15, 0.2) is 36.7 Å². The highest BCUT2D eigenvalue weighted by molar-refractivity contribution is 7.15. The number of halogens is 2. The van der Waals surface area contributed by atoms with Gasteiger partial charge in [0.25, 0.3) is 0 Å². The van der Waals surface area contributed by atoms with Crippen molar-refractivity contribution >= 4 is 56.6 Å². The smallest absolute Gasteiger partial charge is 0.0931 e. The second-order valence-corrected chi connectivity index (χ2v) is 11.9. The van der Waals surface area contributed by atoms with E-state index < -0.39 is 0 Å². The van der Waals surface area contributed by atoms with Crippen LogP contribution in [0.25, 0.3) is 31.7 Å². The van der Waals surface area contributed by atoms with E-state index >= 15 is 0 Å². The molecule has 0 aliphatic heterocycles. The normalized spacial score (nSPS) is 11.5. The van der Waals surface area contributed by atoms with Crippen LogP contribution in [0.2, 0.25) is 10.0 Å². The van der Waals surface area contributed by atoms with Gasteiger partial charge in [0.15, 0.2) is 0 Å². The molecule has 0 atom stereocenters. The molecule has 6 heteroatoms. The van der Waals surface area contributed by atoms with Gasteiger partial charge in [-0.05, 0) is 60.7 Å². The van der Waals surface area contributed by atoms with Crippen LogP contribution in [0.4, 0.5) is 0 Å². The molecule has 0 aliphatic rings. The maximum Gasteiger partial charge on any atom is 0.0931 e. The number of fused-ring (bicyclic) bond motifs is 1. The molecule has 34 heavy (non-hydrogen) atoms. The van der Waals surface area contributed by atoms with Gasteiger partial charge in [-0.25, -0.2) is 9.97 Å². The van der Waals surface area contributed by atoms with E-state index in [2.05, 4.69) is 48.1 Å². The molecule has 0 fully saturated rings. The molecule has 0 unspecified atom stereocenters. The maximum absolute atomic E-state index is 6.75. The van der Waals surface area contributed by atoms with Crippen molar-refractivity contribution in [3.05, 3.63) is 56.7 Å². The molecule has 180 valence electrons. The van der Waals surface area contributed by atoms with Gasteiger partial charge in [0.05, 0.1) is 19.8 Å². The molecule has 0 bridgehead atoms. The van der Waals surface area contributed by atoms with E-state index in [4.69, 9.17) is 23.2 Å². The van der Waals surface area contributed by atoms with Gasteiger partial charge >= 0.3 is 0 Å². The quantitative estimate of drug-likeness (QED) is 0.170. The summed E-state index contributed by atoms with van der Waals surface area (Å²) < 4.78 is 0. The first kappa shape index (κ1) is 25.6. The minimum atomic E-state index is 0.753. The average Bonchev–Trinajstić information content (AvgIpc) is 3.49. The zero-order valence-corrected chi connectivity index (χ0v) is 23.1. The highest BCUT2D eigenvalue weighted by Gasteiger charge is 2.14. The second kappa shape index (κ2) is 12.5. The van der Waals surface area contributed by atoms with Crippen LogP contribution in [0, 0.1) is 0 Å². The van der Waals surface area contributed by atoms with Crippen LogP contribution in [0.1, 0.15) is 75.2 Å². The monoisotopic (exact) mass is 530 g/mol. The van der Waals surface area contributed by atoms with Crippen LogP contribution in [0.3, 0.4) is 0 Å². The van der Waals surface area contributed by atoms with Crippen molar-refractivity contribution in [3.63, 3.8) is 0 Å². The highest BCUT2D eigenvalue weighted by atomic mass is 35.5. The third-order valence-electron chi connectivity index (χ3n) is 6.14. The summed E-state index contributed by atoms with van der Waals surface area (Å²) in [5, 5.41) is 6.06.